The van der Waals surface area contributed by atoms with Gasteiger partial charge >= 0.3 is 0 Å². The number of rotatable bonds is 2. The first-order valence-electron chi connectivity index (χ1n) is 7.34. The summed E-state index contributed by atoms with van der Waals surface area (Å²) in [6.45, 7) is 3.99. The lowest BCUT2D eigenvalue weighted by atomic mass is 9.98. The number of carbonyl (C=O) groups is 1. The van der Waals surface area contributed by atoms with Gasteiger partial charge in [-0.05, 0) is 19.8 Å². The van der Waals surface area contributed by atoms with Crippen molar-refractivity contribution >= 4 is 5.91 Å². The first-order chi connectivity index (χ1) is 8.68. The second kappa shape index (κ2) is 6.53. The number of hydrogen-bond donors (Lipinski definition) is 1. The molecule has 0 bridgehead atoms. The molecule has 1 saturated carbocycles. The van der Waals surface area contributed by atoms with Gasteiger partial charge in [-0.3, -0.25) is 4.79 Å². The van der Waals surface area contributed by atoms with Crippen molar-refractivity contribution < 1.29 is 9.53 Å². The highest BCUT2D eigenvalue weighted by atomic mass is 16.5. The first-order valence-corrected chi connectivity index (χ1v) is 7.34. The van der Waals surface area contributed by atoms with E-state index in [2.05, 4.69) is 0 Å². The Morgan fingerprint density at radius 1 is 1.28 bits per heavy atom. The molecular weight excluding hydrogens is 228 g/mol. The molecule has 2 aliphatic rings. The van der Waals surface area contributed by atoms with Crippen LogP contribution in [0.1, 0.15) is 45.4 Å². The molecule has 2 N–H and O–H groups in total. The van der Waals surface area contributed by atoms with E-state index in [-0.39, 0.29) is 18.1 Å². The van der Waals surface area contributed by atoms with E-state index in [0.717, 1.165) is 19.4 Å². The maximum Gasteiger partial charge on any atom is 0.225 e. The van der Waals surface area contributed by atoms with E-state index in [9.17, 15) is 4.79 Å². The number of hydrogen-bond acceptors (Lipinski definition) is 3. The molecule has 0 radical (unpaired) electrons. The summed E-state index contributed by atoms with van der Waals surface area (Å²) in [6, 6.07) is -0.00488. The van der Waals surface area contributed by atoms with Crippen molar-refractivity contribution in [2.24, 2.45) is 11.7 Å². The minimum Gasteiger partial charge on any atom is -0.373 e. The van der Waals surface area contributed by atoms with Crippen LogP contribution >= 0.6 is 0 Å². The van der Waals surface area contributed by atoms with Crippen LogP contribution in [-0.4, -0.2) is 42.6 Å². The van der Waals surface area contributed by atoms with Gasteiger partial charge in [-0.1, -0.05) is 25.7 Å². The smallest absolute Gasteiger partial charge is 0.225 e. The predicted octanol–water partition coefficient (Wildman–Crippen LogP) is 1.53. The number of nitrogens with zero attached hydrogens (tertiary/aromatic N) is 1. The topological polar surface area (TPSA) is 55.6 Å². The SMILES string of the molecule is CC(N)C1CN(C(=O)C2CCCCCC2)CCO1. The highest BCUT2D eigenvalue weighted by molar-refractivity contribution is 5.79. The van der Waals surface area contributed by atoms with Crippen LogP contribution in [0.25, 0.3) is 0 Å². The molecule has 2 atom stereocenters. The van der Waals surface area contributed by atoms with Crippen molar-refractivity contribution in [2.45, 2.75) is 57.6 Å². The fourth-order valence-corrected chi connectivity index (χ4v) is 2.98. The van der Waals surface area contributed by atoms with E-state index in [4.69, 9.17) is 10.5 Å². The number of morpholine rings is 1. The first kappa shape index (κ1) is 13.8. The molecule has 0 aromatic carbocycles. The van der Waals surface area contributed by atoms with Crippen LogP contribution in [0.15, 0.2) is 0 Å². The summed E-state index contributed by atoms with van der Waals surface area (Å²) in [5.74, 6) is 0.588. The summed E-state index contributed by atoms with van der Waals surface area (Å²) in [7, 11) is 0. The number of amides is 1. The summed E-state index contributed by atoms with van der Waals surface area (Å²) in [4.78, 5) is 14.5. The van der Waals surface area contributed by atoms with E-state index < -0.39 is 0 Å². The molecule has 1 aliphatic heterocycles. The fourth-order valence-electron chi connectivity index (χ4n) is 2.98. The van der Waals surface area contributed by atoms with Gasteiger partial charge in [-0.15, -0.1) is 0 Å². The largest absolute Gasteiger partial charge is 0.373 e. The molecule has 4 nitrogen and oxygen atoms in total. The Morgan fingerprint density at radius 3 is 2.56 bits per heavy atom. The molecule has 0 aromatic heterocycles. The van der Waals surface area contributed by atoms with Gasteiger partial charge in [-0.2, -0.15) is 0 Å². The minimum atomic E-state index is -0.00488. The van der Waals surface area contributed by atoms with E-state index in [1.54, 1.807) is 0 Å². The van der Waals surface area contributed by atoms with Crippen molar-refractivity contribution in [1.29, 1.82) is 0 Å². The third-order valence-corrected chi connectivity index (χ3v) is 4.20. The van der Waals surface area contributed by atoms with Gasteiger partial charge in [-0.25, -0.2) is 0 Å². The second-order valence-electron chi connectivity index (χ2n) is 5.74. The molecule has 2 fully saturated rings. The van der Waals surface area contributed by atoms with Gasteiger partial charge < -0.3 is 15.4 Å². The Bertz CT molecular complexity index is 273. The zero-order chi connectivity index (χ0) is 13.0. The molecule has 104 valence electrons. The minimum absolute atomic E-state index is 0.00488. The van der Waals surface area contributed by atoms with Gasteiger partial charge in [0, 0.05) is 25.0 Å². The maximum absolute atomic E-state index is 12.5. The van der Waals surface area contributed by atoms with Crippen molar-refractivity contribution in [3.63, 3.8) is 0 Å². The highest BCUT2D eigenvalue weighted by Gasteiger charge is 2.30. The van der Waals surface area contributed by atoms with E-state index in [0.29, 0.717) is 19.1 Å². The van der Waals surface area contributed by atoms with Crippen LogP contribution in [0.2, 0.25) is 0 Å². The summed E-state index contributed by atoms with van der Waals surface area (Å²) in [5, 5.41) is 0. The number of carbonyl (C=O) groups excluding carboxylic acids is 1. The molecule has 1 amide bonds. The lowest BCUT2D eigenvalue weighted by Gasteiger charge is -2.36. The Hall–Kier alpha value is -0.610. The van der Waals surface area contributed by atoms with Gasteiger partial charge in [0.25, 0.3) is 0 Å². The number of ether oxygens (including phenoxy) is 1. The molecule has 2 rings (SSSR count). The molecule has 18 heavy (non-hydrogen) atoms. The van der Waals surface area contributed by atoms with Crippen LogP contribution in [0.4, 0.5) is 0 Å². The van der Waals surface area contributed by atoms with Gasteiger partial charge in [0.2, 0.25) is 5.91 Å². The standard InChI is InChI=1S/C14H26N2O2/c1-11(15)13-10-16(8-9-18-13)14(17)12-6-4-2-3-5-7-12/h11-13H,2-10,15H2,1H3. The van der Waals surface area contributed by atoms with Crippen molar-refractivity contribution in [2.75, 3.05) is 19.7 Å². The second-order valence-corrected chi connectivity index (χ2v) is 5.74. The zero-order valence-corrected chi connectivity index (χ0v) is 11.4. The van der Waals surface area contributed by atoms with Crippen LogP contribution < -0.4 is 5.73 Å². The third-order valence-electron chi connectivity index (χ3n) is 4.20. The lowest BCUT2D eigenvalue weighted by Crippen LogP contribution is -2.52. The van der Waals surface area contributed by atoms with Crippen molar-refractivity contribution in [3.8, 4) is 0 Å². The fraction of sp³-hybridized carbons (Fsp3) is 0.929. The van der Waals surface area contributed by atoms with E-state index >= 15 is 0 Å². The molecule has 4 heteroatoms. The summed E-state index contributed by atoms with van der Waals surface area (Å²) in [6.07, 6.45) is 7.13. The Labute approximate surface area is 110 Å². The van der Waals surface area contributed by atoms with E-state index in [1.165, 1.54) is 25.7 Å². The van der Waals surface area contributed by atoms with Crippen LogP contribution in [-0.2, 0) is 9.53 Å². The quantitative estimate of drug-likeness (QED) is 0.760. The Kier molecular flexibility index (Phi) is 5.01. The summed E-state index contributed by atoms with van der Waals surface area (Å²) in [5.41, 5.74) is 5.87. The van der Waals surface area contributed by atoms with Gasteiger partial charge in [0.15, 0.2) is 0 Å². The number of nitrogens with two attached hydrogens (primary N) is 1. The van der Waals surface area contributed by atoms with Crippen LogP contribution in [0.5, 0.6) is 0 Å². The zero-order valence-electron chi connectivity index (χ0n) is 11.4. The maximum atomic E-state index is 12.5. The average Bonchev–Trinajstić information content (AvgIpc) is 2.67. The Morgan fingerprint density at radius 2 is 1.94 bits per heavy atom. The molecule has 0 spiro atoms. The Balaban J connectivity index is 1.90. The molecule has 1 saturated heterocycles. The third kappa shape index (κ3) is 3.45. The predicted molar refractivity (Wildman–Crippen MR) is 71.2 cm³/mol. The van der Waals surface area contributed by atoms with Crippen LogP contribution in [0, 0.1) is 5.92 Å². The molecule has 1 aliphatic carbocycles. The molecule has 2 unspecified atom stereocenters. The molecular formula is C14H26N2O2. The highest BCUT2D eigenvalue weighted by Crippen LogP contribution is 2.25. The lowest BCUT2D eigenvalue weighted by molar-refractivity contribution is -0.144. The molecule has 0 aromatic rings. The van der Waals surface area contributed by atoms with Crippen molar-refractivity contribution in [3.05, 3.63) is 0 Å². The summed E-state index contributed by atoms with van der Waals surface area (Å²) >= 11 is 0. The monoisotopic (exact) mass is 254 g/mol. The van der Waals surface area contributed by atoms with Crippen molar-refractivity contribution in [1.82, 2.24) is 4.90 Å². The van der Waals surface area contributed by atoms with Gasteiger partial charge in [0.1, 0.15) is 0 Å². The van der Waals surface area contributed by atoms with E-state index in [1.807, 2.05) is 11.8 Å². The molecule has 1 heterocycles. The van der Waals surface area contributed by atoms with Gasteiger partial charge in [0.05, 0.1) is 12.7 Å². The average molecular weight is 254 g/mol. The normalized spacial score (nSPS) is 28.8. The van der Waals surface area contributed by atoms with Crippen LogP contribution in [0.3, 0.4) is 0 Å². The summed E-state index contributed by atoms with van der Waals surface area (Å²) < 4.78 is 5.61.